The van der Waals surface area contributed by atoms with E-state index in [-0.39, 0.29) is 6.04 Å². The minimum absolute atomic E-state index is 0.210. The van der Waals surface area contributed by atoms with Gasteiger partial charge >= 0.3 is 0 Å². The van der Waals surface area contributed by atoms with Gasteiger partial charge in [0.1, 0.15) is 5.82 Å². The molecule has 2 heterocycles. The summed E-state index contributed by atoms with van der Waals surface area (Å²) in [6.07, 6.45) is 10.6. The molecule has 1 atom stereocenters. The van der Waals surface area contributed by atoms with Gasteiger partial charge in [0.25, 0.3) is 0 Å². The summed E-state index contributed by atoms with van der Waals surface area (Å²) in [5, 5.41) is 7.71. The van der Waals surface area contributed by atoms with Gasteiger partial charge in [-0.2, -0.15) is 5.10 Å². The second-order valence-corrected chi connectivity index (χ2v) is 4.67. The van der Waals surface area contributed by atoms with Crippen molar-refractivity contribution in [3.05, 3.63) is 42.2 Å². The summed E-state index contributed by atoms with van der Waals surface area (Å²) < 4.78 is 1.84. The molecule has 0 bridgehead atoms. The zero-order chi connectivity index (χ0) is 13.5. The third-order valence-corrected chi connectivity index (χ3v) is 3.02. The van der Waals surface area contributed by atoms with Crippen LogP contribution in [-0.2, 0) is 13.5 Å². The Morgan fingerprint density at radius 1 is 1.32 bits per heavy atom. The summed E-state index contributed by atoms with van der Waals surface area (Å²) in [5.41, 5.74) is 1.25. The Bertz CT molecular complexity index is 480. The van der Waals surface area contributed by atoms with Crippen molar-refractivity contribution in [3.63, 3.8) is 0 Å². The summed E-state index contributed by atoms with van der Waals surface area (Å²) in [4.78, 5) is 8.71. The molecule has 1 N–H and O–H groups in total. The highest BCUT2D eigenvalue weighted by molar-refractivity contribution is 5.05. The van der Waals surface area contributed by atoms with Crippen molar-refractivity contribution in [2.24, 2.45) is 7.05 Å². The van der Waals surface area contributed by atoms with Gasteiger partial charge in [0.15, 0.2) is 0 Å². The molecule has 0 amide bonds. The van der Waals surface area contributed by atoms with E-state index in [0.29, 0.717) is 0 Å². The van der Waals surface area contributed by atoms with E-state index in [4.69, 9.17) is 0 Å². The molecule has 19 heavy (non-hydrogen) atoms. The van der Waals surface area contributed by atoms with Crippen LogP contribution in [0.5, 0.6) is 0 Å². The molecule has 5 heteroatoms. The van der Waals surface area contributed by atoms with E-state index in [0.717, 1.165) is 31.6 Å². The summed E-state index contributed by atoms with van der Waals surface area (Å²) >= 11 is 0. The van der Waals surface area contributed by atoms with Gasteiger partial charge in [-0.15, -0.1) is 0 Å². The van der Waals surface area contributed by atoms with Crippen molar-refractivity contribution in [1.29, 1.82) is 0 Å². The topological polar surface area (TPSA) is 55.6 Å². The maximum Gasteiger partial charge on any atom is 0.145 e. The van der Waals surface area contributed by atoms with Crippen LogP contribution in [0.2, 0.25) is 0 Å². The van der Waals surface area contributed by atoms with Gasteiger partial charge in [-0.05, 0) is 37.4 Å². The van der Waals surface area contributed by atoms with Crippen LogP contribution in [-0.4, -0.2) is 26.3 Å². The summed E-state index contributed by atoms with van der Waals surface area (Å²) in [6, 6.07) is 2.06. The molecule has 2 aromatic rings. The van der Waals surface area contributed by atoms with Gasteiger partial charge in [-0.3, -0.25) is 4.68 Å². The van der Waals surface area contributed by atoms with Crippen LogP contribution in [0.15, 0.2) is 30.9 Å². The predicted molar refractivity (Wildman–Crippen MR) is 74.6 cm³/mol. The molecular formula is C14H21N5. The molecule has 0 aromatic carbocycles. The molecular weight excluding hydrogens is 238 g/mol. The molecule has 0 saturated heterocycles. The Balaban J connectivity index is 1.97. The van der Waals surface area contributed by atoms with Crippen molar-refractivity contribution < 1.29 is 0 Å². The molecule has 0 aliphatic heterocycles. The average molecular weight is 259 g/mol. The Kier molecular flexibility index (Phi) is 5.03. The summed E-state index contributed by atoms with van der Waals surface area (Å²) in [7, 11) is 1.94. The van der Waals surface area contributed by atoms with Crippen LogP contribution in [0.1, 0.15) is 37.2 Å². The van der Waals surface area contributed by atoms with Crippen molar-refractivity contribution in [2.75, 3.05) is 6.54 Å². The van der Waals surface area contributed by atoms with Crippen LogP contribution >= 0.6 is 0 Å². The average Bonchev–Trinajstić information content (AvgIpc) is 2.86. The van der Waals surface area contributed by atoms with Gasteiger partial charge < -0.3 is 5.32 Å². The lowest BCUT2D eigenvalue weighted by atomic mass is 10.1. The maximum absolute atomic E-state index is 4.36. The Morgan fingerprint density at radius 3 is 2.74 bits per heavy atom. The first-order valence-corrected chi connectivity index (χ1v) is 6.77. The number of nitrogens with zero attached hydrogens (tertiary/aromatic N) is 4. The molecule has 0 fully saturated rings. The molecule has 0 aliphatic rings. The van der Waals surface area contributed by atoms with E-state index in [9.17, 15) is 0 Å². The monoisotopic (exact) mass is 259 g/mol. The first kappa shape index (κ1) is 13.7. The molecule has 102 valence electrons. The first-order valence-electron chi connectivity index (χ1n) is 6.77. The maximum atomic E-state index is 4.36. The fourth-order valence-corrected chi connectivity index (χ4v) is 2.04. The van der Waals surface area contributed by atoms with Gasteiger partial charge in [0.05, 0.1) is 12.2 Å². The fraction of sp³-hybridized carbons (Fsp3) is 0.500. The highest BCUT2D eigenvalue weighted by Gasteiger charge is 2.13. The summed E-state index contributed by atoms with van der Waals surface area (Å²) in [5.74, 6) is 0.875. The minimum atomic E-state index is 0.210. The van der Waals surface area contributed by atoms with Crippen LogP contribution in [0.25, 0.3) is 0 Å². The smallest absolute Gasteiger partial charge is 0.145 e. The molecule has 0 radical (unpaired) electrons. The van der Waals surface area contributed by atoms with Crippen LogP contribution in [0.4, 0.5) is 0 Å². The molecule has 2 rings (SSSR count). The van der Waals surface area contributed by atoms with Crippen molar-refractivity contribution in [1.82, 2.24) is 25.1 Å². The van der Waals surface area contributed by atoms with E-state index < -0.39 is 0 Å². The van der Waals surface area contributed by atoms with Crippen LogP contribution in [0, 0.1) is 0 Å². The van der Waals surface area contributed by atoms with Crippen LogP contribution < -0.4 is 5.32 Å². The van der Waals surface area contributed by atoms with Gasteiger partial charge in [-0.1, -0.05) is 6.92 Å². The molecule has 1 unspecified atom stereocenters. The SMILES string of the molecule is CCCNC(CCc1cnn(C)c1)c1ncccn1. The second kappa shape index (κ2) is 6.99. The van der Waals surface area contributed by atoms with Crippen LogP contribution in [0.3, 0.4) is 0 Å². The highest BCUT2D eigenvalue weighted by atomic mass is 15.2. The third-order valence-electron chi connectivity index (χ3n) is 3.02. The number of nitrogens with one attached hydrogen (secondary N) is 1. The molecule has 2 aromatic heterocycles. The number of aryl methyl sites for hydroxylation is 2. The molecule has 0 aliphatic carbocycles. The Labute approximate surface area is 114 Å². The first-order chi connectivity index (χ1) is 9.29. The second-order valence-electron chi connectivity index (χ2n) is 4.67. The van der Waals surface area contributed by atoms with E-state index >= 15 is 0 Å². The fourth-order valence-electron chi connectivity index (χ4n) is 2.04. The third kappa shape index (κ3) is 4.13. The number of hydrogen-bond acceptors (Lipinski definition) is 4. The van der Waals surface area contributed by atoms with E-state index in [1.54, 1.807) is 12.4 Å². The van der Waals surface area contributed by atoms with Gasteiger partial charge in [0.2, 0.25) is 0 Å². The largest absolute Gasteiger partial charge is 0.307 e. The predicted octanol–water partition coefficient (Wildman–Crippen LogP) is 1.88. The van der Waals surface area contributed by atoms with Crippen molar-refractivity contribution >= 4 is 0 Å². The quantitative estimate of drug-likeness (QED) is 0.825. The normalized spacial score (nSPS) is 12.5. The van der Waals surface area contributed by atoms with Gasteiger partial charge in [-0.25, -0.2) is 9.97 Å². The van der Waals surface area contributed by atoms with Gasteiger partial charge in [0, 0.05) is 25.6 Å². The Hall–Kier alpha value is -1.75. The number of rotatable bonds is 7. The molecule has 0 saturated carbocycles. The molecule has 5 nitrogen and oxygen atoms in total. The zero-order valence-corrected chi connectivity index (χ0v) is 11.6. The van der Waals surface area contributed by atoms with E-state index in [1.165, 1.54) is 5.56 Å². The standard InChI is InChI=1S/C14H21N5/c1-3-7-15-13(14-16-8-4-9-17-14)6-5-12-10-18-19(2)11-12/h4,8-11,13,15H,3,5-7H2,1-2H3. The van der Waals surface area contributed by atoms with Crippen molar-refractivity contribution in [3.8, 4) is 0 Å². The lowest BCUT2D eigenvalue weighted by Crippen LogP contribution is -2.24. The Morgan fingerprint density at radius 2 is 2.11 bits per heavy atom. The highest BCUT2D eigenvalue weighted by Crippen LogP contribution is 2.15. The lowest BCUT2D eigenvalue weighted by molar-refractivity contribution is 0.476. The number of hydrogen-bond donors (Lipinski definition) is 1. The lowest BCUT2D eigenvalue weighted by Gasteiger charge is -2.16. The minimum Gasteiger partial charge on any atom is -0.307 e. The zero-order valence-electron chi connectivity index (χ0n) is 11.6. The number of aromatic nitrogens is 4. The van der Waals surface area contributed by atoms with E-state index in [1.807, 2.05) is 24.0 Å². The van der Waals surface area contributed by atoms with E-state index in [2.05, 4.69) is 33.5 Å². The molecule has 0 spiro atoms. The van der Waals surface area contributed by atoms with Crippen molar-refractivity contribution in [2.45, 2.75) is 32.2 Å². The summed E-state index contributed by atoms with van der Waals surface area (Å²) in [6.45, 7) is 3.15.